The molecule has 1 aromatic rings. The summed E-state index contributed by atoms with van der Waals surface area (Å²) in [5, 5.41) is 11.5. The summed E-state index contributed by atoms with van der Waals surface area (Å²) in [6.45, 7) is 3.83. The van der Waals surface area contributed by atoms with Crippen molar-refractivity contribution in [2.45, 2.75) is 26.4 Å². The molecule has 108 valence electrons. The lowest BCUT2D eigenvalue weighted by atomic mass is 10.2. The van der Waals surface area contributed by atoms with Gasteiger partial charge in [0.15, 0.2) is 0 Å². The number of benzene rings is 1. The van der Waals surface area contributed by atoms with Crippen molar-refractivity contribution in [3.63, 3.8) is 0 Å². The van der Waals surface area contributed by atoms with Crippen molar-refractivity contribution in [3.8, 4) is 5.75 Å². The first-order chi connectivity index (χ1) is 9.36. The fourth-order valence-corrected chi connectivity index (χ4v) is 2.44. The molecule has 0 aliphatic heterocycles. The van der Waals surface area contributed by atoms with Crippen LogP contribution in [-0.4, -0.2) is 23.1 Å². The zero-order chi connectivity index (χ0) is 14.9. The minimum absolute atomic E-state index is 0.0349. The van der Waals surface area contributed by atoms with E-state index in [9.17, 15) is 9.59 Å². The van der Waals surface area contributed by atoms with Gasteiger partial charge in [0.1, 0.15) is 5.75 Å². The summed E-state index contributed by atoms with van der Waals surface area (Å²) in [6.07, 6.45) is 0.442. The minimum atomic E-state index is -0.914. The SMILES string of the molecule is CC(C)Oc1cc(Br)cc(NC(=O)C2CC2C(=O)O)c1. The van der Waals surface area contributed by atoms with E-state index in [0.717, 1.165) is 4.47 Å². The topological polar surface area (TPSA) is 75.6 Å². The van der Waals surface area contributed by atoms with E-state index in [-0.39, 0.29) is 12.0 Å². The summed E-state index contributed by atoms with van der Waals surface area (Å²) in [5.41, 5.74) is 0.594. The van der Waals surface area contributed by atoms with E-state index in [2.05, 4.69) is 21.2 Å². The highest BCUT2D eigenvalue weighted by molar-refractivity contribution is 9.10. The van der Waals surface area contributed by atoms with Gasteiger partial charge in [-0.1, -0.05) is 15.9 Å². The number of carboxylic acids is 1. The highest BCUT2D eigenvalue weighted by Gasteiger charge is 2.48. The number of amides is 1. The highest BCUT2D eigenvalue weighted by Crippen LogP contribution is 2.39. The van der Waals surface area contributed by atoms with Crippen LogP contribution in [0, 0.1) is 11.8 Å². The van der Waals surface area contributed by atoms with Gasteiger partial charge in [-0.05, 0) is 32.4 Å². The van der Waals surface area contributed by atoms with Crippen LogP contribution >= 0.6 is 15.9 Å². The van der Waals surface area contributed by atoms with Crippen LogP contribution in [0.4, 0.5) is 5.69 Å². The second kappa shape index (κ2) is 5.83. The lowest BCUT2D eigenvalue weighted by Gasteiger charge is -2.12. The van der Waals surface area contributed by atoms with Gasteiger partial charge in [-0.2, -0.15) is 0 Å². The Kier molecular flexibility index (Phi) is 4.32. The van der Waals surface area contributed by atoms with Gasteiger partial charge in [-0.3, -0.25) is 9.59 Å². The second-order valence-corrected chi connectivity index (χ2v) is 6.03. The van der Waals surface area contributed by atoms with E-state index in [1.807, 2.05) is 19.9 Å². The van der Waals surface area contributed by atoms with Crippen molar-refractivity contribution >= 4 is 33.5 Å². The molecule has 1 aliphatic rings. The van der Waals surface area contributed by atoms with E-state index in [1.54, 1.807) is 12.1 Å². The Morgan fingerprint density at radius 1 is 1.35 bits per heavy atom. The zero-order valence-electron chi connectivity index (χ0n) is 11.2. The number of anilines is 1. The number of hydrogen-bond acceptors (Lipinski definition) is 3. The molecule has 0 bridgehead atoms. The molecule has 2 N–H and O–H groups in total. The fraction of sp³-hybridized carbons (Fsp3) is 0.429. The minimum Gasteiger partial charge on any atom is -0.491 e. The first-order valence-electron chi connectivity index (χ1n) is 6.37. The number of aliphatic carboxylic acids is 1. The maximum Gasteiger partial charge on any atom is 0.307 e. The van der Waals surface area contributed by atoms with Crippen molar-refractivity contribution in [2.24, 2.45) is 11.8 Å². The molecule has 0 saturated heterocycles. The zero-order valence-corrected chi connectivity index (χ0v) is 12.8. The van der Waals surface area contributed by atoms with E-state index >= 15 is 0 Å². The van der Waals surface area contributed by atoms with Crippen molar-refractivity contribution in [1.82, 2.24) is 0 Å². The molecule has 1 amide bonds. The summed E-state index contributed by atoms with van der Waals surface area (Å²) in [7, 11) is 0. The van der Waals surface area contributed by atoms with Crippen LogP contribution in [0.1, 0.15) is 20.3 Å². The molecule has 0 radical (unpaired) electrons. The maximum atomic E-state index is 11.9. The predicted octanol–water partition coefficient (Wildman–Crippen LogP) is 2.90. The summed E-state index contributed by atoms with van der Waals surface area (Å²) in [5.74, 6) is -1.50. The molecule has 0 heterocycles. The summed E-state index contributed by atoms with van der Waals surface area (Å²) in [6, 6.07) is 5.29. The standard InChI is InChI=1S/C14H16BrNO4/c1-7(2)20-10-4-8(15)3-9(5-10)16-13(17)11-6-12(11)14(18)19/h3-5,7,11-12H,6H2,1-2H3,(H,16,17)(H,18,19). The van der Waals surface area contributed by atoms with Crippen molar-refractivity contribution in [3.05, 3.63) is 22.7 Å². The third kappa shape index (κ3) is 3.72. The van der Waals surface area contributed by atoms with Crippen LogP contribution in [0.25, 0.3) is 0 Å². The Labute approximate surface area is 125 Å². The molecule has 1 aromatic carbocycles. The van der Waals surface area contributed by atoms with Gasteiger partial charge in [0.05, 0.1) is 17.9 Å². The van der Waals surface area contributed by atoms with Gasteiger partial charge in [0.2, 0.25) is 5.91 Å². The van der Waals surface area contributed by atoms with E-state index in [1.165, 1.54) is 0 Å². The lowest BCUT2D eigenvalue weighted by Crippen LogP contribution is -2.17. The molecule has 5 nitrogen and oxygen atoms in total. The van der Waals surface area contributed by atoms with Crippen LogP contribution in [0.5, 0.6) is 5.75 Å². The Morgan fingerprint density at radius 3 is 2.60 bits per heavy atom. The largest absolute Gasteiger partial charge is 0.491 e. The van der Waals surface area contributed by atoms with E-state index in [0.29, 0.717) is 17.9 Å². The van der Waals surface area contributed by atoms with Crippen molar-refractivity contribution < 1.29 is 19.4 Å². The number of rotatable bonds is 5. The second-order valence-electron chi connectivity index (χ2n) is 5.12. The molecule has 0 aromatic heterocycles. The fourth-order valence-electron chi connectivity index (χ4n) is 1.97. The first kappa shape index (κ1) is 14.8. The van der Waals surface area contributed by atoms with Gasteiger partial charge >= 0.3 is 5.97 Å². The van der Waals surface area contributed by atoms with E-state index in [4.69, 9.17) is 9.84 Å². The number of carboxylic acid groups (broad SMARTS) is 1. The van der Waals surface area contributed by atoms with Crippen LogP contribution in [0.3, 0.4) is 0 Å². The number of carbonyl (C=O) groups excluding carboxylic acids is 1. The van der Waals surface area contributed by atoms with Gasteiger partial charge in [-0.25, -0.2) is 0 Å². The number of halogens is 1. The molecule has 6 heteroatoms. The van der Waals surface area contributed by atoms with Gasteiger partial charge in [0, 0.05) is 16.2 Å². The van der Waals surface area contributed by atoms with Gasteiger partial charge < -0.3 is 15.2 Å². The number of nitrogens with one attached hydrogen (secondary N) is 1. The number of hydrogen-bond donors (Lipinski definition) is 2. The number of carbonyl (C=O) groups is 2. The first-order valence-corrected chi connectivity index (χ1v) is 7.17. The van der Waals surface area contributed by atoms with Crippen LogP contribution in [0.2, 0.25) is 0 Å². The van der Waals surface area contributed by atoms with E-state index < -0.39 is 17.8 Å². The normalized spacial score (nSPS) is 20.6. The Balaban J connectivity index is 2.04. The average molecular weight is 342 g/mol. The number of ether oxygens (including phenoxy) is 1. The maximum absolute atomic E-state index is 11.9. The van der Waals surface area contributed by atoms with Gasteiger partial charge in [-0.15, -0.1) is 0 Å². The molecule has 1 saturated carbocycles. The monoisotopic (exact) mass is 341 g/mol. The summed E-state index contributed by atoms with van der Waals surface area (Å²) >= 11 is 3.36. The van der Waals surface area contributed by atoms with Crippen LogP contribution in [-0.2, 0) is 9.59 Å². The van der Waals surface area contributed by atoms with Crippen molar-refractivity contribution in [1.29, 1.82) is 0 Å². The third-order valence-corrected chi connectivity index (χ3v) is 3.41. The lowest BCUT2D eigenvalue weighted by molar-refractivity contribution is -0.139. The molecule has 2 unspecified atom stereocenters. The molecule has 20 heavy (non-hydrogen) atoms. The van der Waals surface area contributed by atoms with Crippen LogP contribution < -0.4 is 10.1 Å². The highest BCUT2D eigenvalue weighted by atomic mass is 79.9. The smallest absolute Gasteiger partial charge is 0.307 e. The molecular weight excluding hydrogens is 326 g/mol. The van der Waals surface area contributed by atoms with Gasteiger partial charge in [0.25, 0.3) is 0 Å². The van der Waals surface area contributed by atoms with Crippen LogP contribution in [0.15, 0.2) is 22.7 Å². The molecule has 0 spiro atoms. The predicted molar refractivity (Wildman–Crippen MR) is 77.8 cm³/mol. The summed E-state index contributed by atoms with van der Waals surface area (Å²) in [4.78, 5) is 22.7. The molecule has 2 atom stereocenters. The summed E-state index contributed by atoms with van der Waals surface area (Å²) < 4.78 is 6.37. The Hall–Kier alpha value is -1.56. The molecule has 1 fully saturated rings. The molecule has 2 rings (SSSR count). The Bertz CT molecular complexity index is 544. The molecular formula is C14H16BrNO4. The molecule has 1 aliphatic carbocycles. The third-order valence-electron chi connectivity index (χ3n) is 2.96. The average Bonchev–Trinajstić information content (AvgIpc) is 3.06. The van der Waals surface area contributed by atoms with Crippen molar-refractivity contribution in [2.75, 3.05) is 5.32 Å². The Morgan fingerprint density at radius 2 is 2.05 bits per heavy atom. The quantitative estimate of drug-likeness (QED) is 0.863.